The van der Waals surface area contributed by atoms with E-state index < -0.39 is 34.5 Å². The first kappa shape index (κ1) is 28.6. The van der Waals surface area contributed by atoms with Crippen molar-refractivity contribution in [2.24, 2.45) is 0 Å². The lowest BCUT2D eigenvalue weighted by Gasteiger charge is -2.18. The summed E-state index contributed by atoms with van der Waals surface area (Å²) in [5.74, 6) is -1.28. The largest absolute Gasteiger partial charge is 0.464 e. The van der Waals surface area contributed by atoms with E-state index in [4.69, 9.17) is 15.6 Å². The number of carbonyl (C=O) groups excluding carboxylic acids is 2. The van der Waals surface area contributed by atoms with Crippen molar-refractivity contribution in [3.05, 3.63) is 65.2 Å². The lowest BCUT2D eigenvalue weighted by atomic mass is 10.0. The molecule has 0 radical (unpaired) electrons. The van der Waals surface area contributed by atoms with Crippen LogP contribution in [0, 0.1) is 0 Å². The molecule has 9 nitrogen and oxygen atoms in total. The van der Waals surface area contributed by atoms with Crippen LogP contribution in [0.2, 0.25) is 0 Å². The second-order valence-corrected chi connectivity index (χ2v) is 10.7. The van der Waals surface area contributed by atoms with E-state index in [0.717, 1.165) is 11.1 Å². The predicted molar refractivity (Wildman–Crippen MR) is 139 cm³/mol. The Bertz CT molecular complexity index is 1170. The Labute approximate surface area is 213 Å². The van der Waals surface area contributed by atoms with Crippen molar-refractivity contribution < 1.29 is 33.6 Å². The van der Waals surface area contributed by atoms with E-state index >= 15 is 0 Å². The predicted octanol–water partition coefficient (Wildman–Crippen LogP) is -1.01. The van der Waals surface area contributed by atoms with Crippen molar-refractivity contribution in [1.29, 1.82) is 0 Å². The van der Waals surface area contributed by atoms with E-state index in [1.165, 1.54) is 35.7 Å². The van der Waals surface area contributed by atoms with Gasteiger partial charge in [0.1, 0.15) is 6.04 Å². The monoisotopic (exact) mass is 538 g/mol. The first-order valence-electron chi connectivity index (χ1n) is 10.6. The van der Waals surface area contributed by atoms with Crippen LogP contribution in [0.5, 0.6) is 0 Å². The first-order chi connectivity index (χ1) is 16.6. The van der Waals surface area contributed by atoms with Gasteiger partial charge in [-0.3, -0.25) is 4.79 Å². The SMILES string of the molecule is CCOC(=O)C(Cc1ccc(C(=[NH2+])SC)cc1)NC(=O)CNS(=O)(=O)c1ccc(C(=[NH2+])SC)cc1. The van der Waals surface area contributed by atoms with Crippen LogP contribution in [0.25, 0.3) is 0 Å². The van der Waals surface area contributed by atoms with Crippen molar-refractivity contribution in [2.45, 2.75) is 24.3 Å². The van der Waals surface area contributed by atoms with Crippen LogP contribution in [-0.4, -0.2) is 62.1 Å². The highest BCUT2D eigenvalue weighted by molar-refractivity contribution is 8.13. The van der Waals surface area contributed by atoms with Gasteiger partial charge >= 0.3 is 5.97 Å². The van der Waals surface area contributed by atoms with E-state index in [1.54, 1.807) is 19.1 Å². The van der Waals surface area contributed by atoms with Crippen LogP contribution >= 0.6 is 23.5 Å². The maximum absolute atomic E-state index is 12.6. The third kappa shape index (κ3) is 8.49. The van der Waals surface area contributed by atoms with Gasteiger partial charge in [0, 0.05) is 6.42 Å². The molecule has 0 aliphatic heterocycles. The summed E-state index contributed by atoms with van der Waals surface area (Å²) in [6, 6.07) is 12.3. The molecule has 2 aromatic rings. The van der Waals surface area contributed by atoms with Crippen LogP contribution < -0.4 is 20.9 Å². The molecule has 0 aliphatic carbocycles. The zero-order valence-corrected chi connectivity index (χ0v) is 22.2. The number of sulfonamides is 1. The van der Waals surface area contributed by atoms with Crippen molar-refractivity contribution in [2.75, 3.05) is 25.7 Å². The zero-order valence-electron chi connectivity index (χ0n) is 19.7. The van der Waals surface area contributed by atoms with E-state index in [-0.39, 0.29) is 17.9 Å². The lowest BCUT2D eigenvalue weighted by molar-refractivity contribution is -0.147. The van der Waals surface area contributed by atoms with Crippen molar-refractivity contribution >= 4 is 55.5 Å². The molecule has 0 aromatic heterocycles. The van der Waals surface area contributed by atoms with Gasteiger partial charge < -0.3 is 10.1 Å². The fourth-order valence-electron chi connectivity index (χ4n) is 3.00. The first-order valence-corrected chi connectivity index (χ1v) is 14.5. The quantitative estimate of drug-likeness (QED) is 0.163. The molecule has 0 fully saturated rings. The van der Waals surface area contributed by atoms with Crippen LogP contribution in [-0.2, 0) is 30.8 Å². The highest BCUT2D eigenvalue weighted by Crippen LogP contribution is 2.14. The number of thioether (sulfide) groups is 2. The fraction of sp³-hybridized carbons (Fsp3) is 0.304. The van der Waals surface area contributed by atoms with E-state index in [2.05, 4.69) is 10.0 Å². The molecule has 0 spiro atoms. The van der Waals surface area contributed by atoms with Crippen LogP contribution in [0.15, 0.2) is 53.4 Å². The minimum atomic E-state index is -3.95. The number of hydrogen-bond acceptors (Lipinski definition) is 7. The molecule has 2 aromatic carbocycles. The molecule has 0 saturated heterocycles. The normalized spacial score (nSPS) is 12.0. The lowest BCUT2D eigenvalue weighted by Crippen LogP contribution is -2.47. The summed E-state index contributed by atoms with van der Waals surface area (Å²) in [5, 5.41) is 15.5. The molecule has 0 bridgehead atoms. The highest BCUT2D eigenvalue weighted by atomic mass is 32.2. The van der Waals surface area contributed by atoms with Gasteiger partial charge in [-0.05, 0) is 61.4 Å². The highest BCUT2D eigenvalue weighted by Gasteiger charge is 2.24. The standard InChI is InChI=1S/C23H28N4O5S3/c1-4-32-23(29)19(13-15-5-7-16(8-6-15)21(24)33-2)27-20(28)14-26-35(30,31)18-11-9-17(10-12-18)22(25)34-3/h5-12,19,24-26H,4,13-14H2,1-3H3,(H,27,28)/p+2. The van der Waals surface area contributed by atoms with Crippen LogP contribution in [0.4, 0.5) is 0 Å². The third-order valence-electron chi connectivity index (χ3n) is 4.90. The molecule has 2 rings (SSSR count). The number of hydrogen-bond donors (Lipinski definition) is 4. The number of amides is 1. The average Bonchev–Trinajstić information content (AvgIpc) is 2.86. The molecule has 6 N–H and O–H groups in total. The topological polar surface area (TPSA) is 153 Å². The van der Waals surface area contributed by atoms with Gasteiger partial charge in [0.25, 0.3) is 0 Å². The van der Waals surface area contributed by atoms with Gasteiger partial charge in [-0.15, -0.1) is 0 Å². The zero-order chi connectivity index (χ0) is 26.0. The molecule has 1 amide bonds. The number of rotatable bonds is 11. The van der Waals surface area contributed by atoms with Gasteiger partial charge in [-0.1, -0.05) is 35.7 Å². The Morgan fingerprint density at radius 2 is 1.46 bits per heavy atom. The molecular weight excluding hydrogens is 508 g/mol. The second kappa shape index (κ2) is 13.4. The number of carbonyl (C=O) groups is 2. The maximum Gasteiger partial charge on any atom is 0.328 e. The summed E-state index contributed by atoms with van der Waals surface area (Å²) in [5.41, 5.74) is 2.34. The van der Waals surface area contributed by atoms with Gasteiger partial charge in [0.05, 0.1) is 29.2 Å². The Morgan fingerprint density at radius 1 is 0.943 bits per heavy atom. The van der Waals surface area contributed by atoms with Crippen molar-refractivity contribution in [3.8, 4) is 0 Å². The summed E-state index contributed by atoms with van der Waals surface area (Å²) in [7, 11) is -3.95. The van der Waals surface area contributed by atoms with E-state index in [0.29, 0.717) is 15.7 Å². The fourth-order valence-corrected chi connectivity index (χ4v) is 4.73. The number of nitrogens with one attached hydrogen (secondary N) is 2. The second-order valence-electron chi connectivity index (χ2n) is 7.26. The molecule has 1 unspecified atom stereocenters. The summed E-state index contributed by atoms with van der Waals surface area (Å²) in [6.45, 7) is 1.26. The van der Waals surface area contributed by atoms with E-state index in [9.17, 15) is 18.0 Å². The number of esters is 1. The van der Waals surface area contributed by atoms with Gasteiger partial charge in [0.2, 0.25) is 26.0 Å². The van der Waals surface area contributed by atoms with Crippen molar-refractivity contribution in [1.82, 2.24) is 10.0 Å². The minimum absolute atomic E-state index is 0.00805. The molecule has 188 valence electrons. The van der Waals surface area contributed by atoms with E-state index in [1.807, 2.05) is 36.8 Å². The molecule has 35 heavy (non-hydrogen) atoms. The van der Waals surface area contributed by atoms with Crippen LogP contribution in [0.1, 0.15) is 23.6 Å². The number of nitrogens with two attached hydrogens (primary N) is 2. The Kier molecular flexibility index (Phi) is 11.0. The Balaban J connectivity index is 2.04. The number of ether oxygens (including phenoxy) is 1. The van der Waals surface area contributed by atoms with Gasteiger partial charge in [0.15, 0.2) is 0 Å². The maximum atomic E-state index is 12.6. The smallest absolute Gasteiger partial charge is 0.328 e. The summed E-state index contributed by atoms with van der Waals surface area (Å²) >= 11 is 2.78. The molecule has 0 saturated carbocycles. The number of benzene rings is 2. The average molecular weight is 539 g/mol. The Hall–Kier alpha value is -2.67. The summed E-state index contributed by atoms with van der Waals surface area (Å²) in [4.78, 5) is 24.9. The molecule has 0 heterocycles. The van der Waals surface area contributed by atoms with Crippen LogP contribution in [0.3, 0.4) is 0 Å². The minimum Gasteiger partial charge on any atom is -0.464 e. The molecular formula is C23H30N4O5S3+2. The summed E-state index contributed by atoms with van der Waals surface area (Å²) in [6.07, 6.45) is 3.86. The van der Waals surface area contributed by atoms with Gasteiger partial charge in [-0.2, -0.15) is 0 Å². The molecule has 12 heteroatoms. The molecule has 1 atom stereocenters. The Morgan fingerprint density at radius 3 is 1.94 bits per heavy atom. The van der Waals surface area contributed by atoms with Gasteiger partial charge in [-0.25, -0.2) is 28.8 Å². The third-order valence-corrected chi connectivity index (χ3v) is 7.66. The van der Waals surface area contributed by atoms with Crippen molar-refractivity contribution in [3.63, 3.8) is 0 Å². The summed E-state index contributed by atoms with van der Waals surface area (Å²) < 4.78 is 32.5. The molecule has 0 aliphatic rings.